The third-order valence-electron chi connectivity index (χ3n) is 4.62. The van der Waals surface area contributed by atoms with Gasteiger partial charge in [-0.15, -0.1) is 0 Å². The zero-order valence-electron chi connectivity index (χ0n) is 13.0. The SMILES string of the molecule is O=C(C1CCC(F)(F)CC1)N1C(c2ccccc2)CCOS1(=O)=O. The average Bonchev–Trinajstić information content (AvgIpc) is 2.54. The summed E-state index contributed by atoms with van der Waals surface area (Å²) in [6.45, 7) is -0.00554. The molecule has 1 aliphatic heterocycles. The highest BCUT2D eigenvalue weighted by atomic mass is 32.2. The fourth-order valence-corrected chi connectivity index (χ4v) is 4.63. The van der Waals surface area contributed by atoms with E-state index in [0.29, 0.717) is 12.0 Å². The van der Waals surface area contributed by atoms with Gasteiger partial charge in [-0.25, -0.2) is 13.1 Å². The minimum Gasteiger partial charge on any atom is -0.273 e. The van der Waals surface area contributed by atoms with Crippen LogP contribution in [0.4, 0.5) is 8.78 Å². The van der Waals surface area contributed by atoms with Crippen LogP contribution in [0.25, 0.3) is 0 Å². The molecule has 8 heteroatoms. The summed E-state index contributed by atoms with van der Waals surface area (Å²) in [4.78, 5) is 12.8. The molecule has 1 aromatic rings. The topological polar surface area (TPSA) is 63.7 Å². The van der Waals surface area contributed by atoms with E-state index in [2.05, 4.69) is 0 Å². The zero-order chi connectivity index (χ0) is 17.4. The summed E-state index contributed by atoms with van der Waals surface area (Å²) < 4.78 is 56.8. The number of amides is 1. The molecule has 5 nitrogen and oxygen atoms in total. The maximum absolute atomic E-state index is 13.3. The summed E-state index contributed by atoms with van der Waals surface area (Å²) >= 11 is 0. The van der Waals surface area contributed by atoms with Crippen molar-refractivity contribution in [2.24, 2.45) is 5.92 Å². The number of carbonyl (C=O) groups is 1. The van der Waals surface area contributed by atoms with Gasteiger partial charge in [-0.2, -0.15) is 8.42 Å². The minimum atomic E-state index is -4.20. The van der Waals surface area contributed by atoms with Gasteiger partial charge in [-0.05, 0) is 24.8 Å². The smallest absolute Gasteiger partial charge is 0.273 e. The summed E-state index contributed by atoms with van der Waals surface area (Å²) in [5, 5.41) is 0. The molecule has 1 saturated carbocycles. The second-order valence-corrected chi connectivity index (χ2v) is 7.74. The van der Waals surface area contributed by atoms with E-state index < -0.39 is 46.9 Å². The number of rotatable bonds is 2. The van der Waals surface area contributed by atoms with Gasteiger partial charge < -0.3 is 0 Å². The van der Waals surface area contributed by atoms with Gasteiger partial charge in [0.05, 0.1) is 12.6 Å². The van der Waals surface area contributed by atoms with Crippen LogP contribution in [0.15, 0.2) is 30.3 Å². The Labute approximate surface area is 139 Å². The third kappa shape index (κ3) is 3.44. The predicted octanol–water partition coefficient (Wildman–Crippen LogP) is 3.05. The first-order chi connectivity index (χ1) is 11.3. The van der Waals surface area contributed by atoms with Crippen LogP contribution in [-0.2, 0) is 19.3 Å². The fraction of sp³-hybridized carbons (Fsp3) is 0.562. The van der Waals surface area contributed by atoms with Crippen LogP contribution in [0.2, 0.25) is 0 Å². The maximum atomic E-state index is 13.3. The maximum Gasteiger partial charge on any atom is 0.365 e. The molecule has 0 radical (unpaired) electrons. The van der Waals surface area contributed by atoms with Crippen LogP contribution in [0.1, 0.15) is 43.7 Å². The molecule has 2 aliphatic rings. The van der Waals surface area contributed by atoms with Crippen LogP contribution in [0.5, 0.6) is 0 Å². The van der Waals surface area contributed by atoms with Gasteiger partial charge in [0.25, 0.3) is 0 Å². The van der Waals surface area contributed by atoms with Crippen molar-refractivity contribution < 1.29 is 26.2 Å². The Morgan fingerprint density at radius 2 is 1.75 bits per heavy atom. The summed E-state index contributed by atoms with van der Waals surface area (Å²) in [6, 6.07) is 8.18. The number of nitrogens with zero attached hydrogens (tertiary/aromatic N) is 1. The van der Waals surface area contributed by atoms with Crippen LogP contribution < -0.4 is 0 Å². The largest absolute Gasteiger partial charge is 0.365 e. The molecule has 24 heavy (non-hydrogen) atoms. The molecule has 1 aliphatic carbocycles. The fourth-order valence-electron chi connectivity index (χ4n) is 3.30. The molecule has 1 heterocycles. The van der Waals surface area contributed by atoms with Gasteiger partial charge in [0, 0.05) is 18.8 Å². The van der Waals surface area contributed by atoms with Gasteiger partial charge in [0.2, 0.25) is 11.8 Å². The Hall–Kier alpha value is -1.54. The highest BCUT2D eigenvalue weighted by Gasteiger charge is 2.45. The van der Waals surface area contributed by atoms with Crippen molar-refractivity contribution in [1.82, 2.24) is 4.31 Å². The Morgan fingerprint density at radius 1 is 1.12 bits per heavy atom. The van der Waals surface area contributed by atoms with Gasteiger partial charge in [-0.1, -0.05) is 30.3 Å². The van der Waals surface area contributed by atoms with E-state index in [0.717, 1.165) is 4.31 Å². The molecule has 1 unspecified atom stereocenters. The Kier molecular flexibility index (Phi) is 4.61. The Morgan fingerprint density at radius 3 is 2.38 bits per heavy atom. The number of alkyl halides is 2. The third-order valence-corrected chi connectivity index (χ3v) is 6.00. The average molecular weight is 359 g/mol. The molecule has 132 valence electrons. The first-order valence-corrected chi connectivity index (χ1v) is 9.32. The molecule has 1 aromatic carbocycles. The number of halogens is 2. The van der Waals surface area contributed by atoms with Crippen molar-refractivity contribution in [3.63, 3.8) is 0 Å². The Bertz CT molecular complexity index is 698. The molecule has 2 fully saturated rings. The number of carbonyl (C=O) groups excluding carboxylic acids is 1. The van der Waals surface area contributed by atoms with Crippen LogP contribution in [0.3, 0.4) is 0 Å². The van der Waals surface area contributed by atoms with Crippen molar-refractivity contribution in [2.75, 3.05) is 6.61 Å². The van der Waals surface area contributed by atoms with Crippen LogP contribution >= 0.6 is 0 Å². The molecule has 0 aromatic heterocycles. The second-order valence-electron chi connectivity index (χ2n) is 6.26. The van der Waals surface area contributed by atoms with Crippen LogP contribution in [0, 0.1) is 5.92 Å². The monoisotopic (exact) mass is 359 g/mol. The van der Waals surface area contributed by atoms with Gasteiger partial charge in [0.1, 0.15) is 0 Å². The second kappa shape index (κ2) is 6.40. The van der Waals surface area contributed by atoms with Crippen LogP contribution in [-0.4, -0.2) is 31.2 Å². The molecule has 0 N–H and O–H groups in total. The summed E-state index contributed by atoms with van der Waals surface area (Å²) in [5.41, 5.74) is 0.693. The summed E-state index contributed by atoms with van der Waals surface area (Å²) in [6.07, 6.45) is -0.473. The molecular formula is C16H19F2NO4S. The van der Waals surface area contributed by atoms with E-state index in [1.54, 1.807) is 30.3 Å². The standard InChI is InChI=1S/C16H19F2NO4S/c17-16(18)9-6-13(7-10-16)15(20)19-14(8-11-23-24(19,21)22)12-4-2-1-3-5-12/h1-5,13-14H,6-11H2. The van der Waals surface area contributed by atoms with Crippen molar-refractivity contribution in [1.29, 1.82) is 0 Å². The quantitative estimate of drug-likeness (QED) is 0.814. The first-order valence-electron chi connectivity index (χ1n) is 7.96. The lowest BCUT2D eigenvalue weighted by molar-refractivity contribution is -0.137. The predicted molar refractivity (Wildman–Crippen MR) is 82.4 cm³/mol. The first kappa shape index (κ1) is 17.3. The van der Waals surface area contributed by atoms with Crippen molar-refractivity contribution in [2.45, 2.75) is 44.1 Å². The van der Waals surface area contributed by atoms with Crippen molar-refractivity contribution in [3.8, 4) is 0 Å². The zero-order valence-corrected chi connectivity index (χ0v) is 13.8. The molecule has 1 atom stereocenters. The molecule has 0 bridgehead atoms. The molecule has 1 saturated heterocycles. The number of hydrogen-bond donors (Lipinski definition) is 0. The summed E-state index contributed by atoms with van der Waals surface area (Å²) in [7, 11) is -4.20. The normalized spacial score (nSPS) is 26.9. The molecular weight excluding hydrogens is 340 g/mol. The van der Waals surface area contributed by atoms with E-state index in [1.807, 2.05) is 0 Å². The van der Waals surface area contributed by atoms with E-state index in [-0.39, 0.29) is 19.4 Å². The lowest BCUT2D eigenvalue weighted by Gasteiger charge is -2.37. The molecule has 0 spiro atoms. The van der Waals surface area contributed by atoms with Gasteiger partial charge >= 0.3 is 10.3 Å². The Balaban J connectivity index is 1.87. The van der Waals surface area contributed by atoms with Crippen molar-refractivity contribution in [3.05, 3.63) is 35.9 Å². The van der Waals surface area contributed by atoms with E-state index in [4.69, 9.17) is 4.18 Å². The molecule has 3 rings (SSSR count). The van der Waals surface area contributed by atoms with Gasteiger partial charge in [-0.3, -0.25) is 8.98 Å². The highest BCUT2D eigenvalue weighted by Crippen LogP contribution is 2.40. The van der Waals surface area contributed by atoms with Gasteiger partial charge in [0.15, 0.2) is 0 Å². The lowest BCUT2D eigenvalue weighted by atomic mass is 9.86. The molecule has 1 amide bonds. The highest BCUT2D eigenvalue weighted by molar-refractivity contribution is 7.85. The summed E-state index contributed by atoms with van der Waals surface area (Å²) in [5.74, 6) is -4.13. The van der Waals surface area contributed by atoms with Crippen molar-refractivity contribution >= 4 is 16.2 Å². The van der Waals surface area contributed by atoms with E-state index >= 15 is 0 Å². The number of benzene rings is 1. The number of hydrogen-bond acceptors (Lipinski definition) is 4. The minimum absolute atomic E-state index is 0.00554. The lowest BCUT2D eigenvalue weighted by Crippen LogP contribution is -2.48. The van der Waals surface area contributed by atoms with E-state index in [1.165, 1.54) is 0 Å². The van der Waals surface area contributed by atoms with E-state index in [9.17, 15) is 22.0 Å².